The quantitative estimate of drug-likeness (QED) is 0.418. The number of nitrogens with zero attached hydrogens (tertiary/aromatic N) is 3. The van der Waals surface area contributed by atoms with Crippen molar-refractivity contribution in [1.29, 1.82) is 0 Å². The number of guanidine groups is 1. The third-order valence-corrected chi connectivity index (χ3v) is 4.13. The highest BCUT2D eigenvalue weighted by molar-refractivity contribution is 14.0. The van der Waals surface area contributed by atoms with Crippen molar-refractivity contribution in [3.05, 3.63) is 17.0 Å². The van der Waals surface area contributed by atoms with Gasteiger partial charge >= 0.3 is 0 Å². The van der Waals surface area contributed by atoms with E-state index in [0.29, 0.717) is 12.6 Å². The SMILES string of the molecule is CN=C(NCc1c(C)nn(CCOC)c1C)NC1CC1C.I. The van der Waals surface area contributed by atoms with Gasteiger partial charge < -0.3 is 15.4 Å². The Hall–Kier alpha value is -0.830. The number of aliphatic imine (C=N–C) groups is 1. The van der Waals surface area contributed by atoms with Crippen molar-refractivity contribution in [3.63, 3.8) is 0 Å². The molecule has 1 aromatic rings. The maximum Gasteiger partial charge on any atom is 0.191 e. The molecule has 126 valence electrons. The minimum Gasteiger partial charge on any atom is -0.383 e. The summed E-state index contributed by atoms with van der Waals surface area (Å²) in [6.45, 7) is 8.61. The molecule has 22 heavy (non-hydrogen) atoms. The topological polar surface area (TPSA) is 63.5 Å². The molecular formula is C15H28IN5O. The number of halogens is 1. The van der Waals surface area contributed by atoms with Gasteiger partial charge in [-0.3, -0.25) is 9.67 Å². The van der Waals surface area contributed by atoms with Crippen LogP contribution in [0.15, 0.2) is 4.99 Å². The Morgan fingerprint density at radius 1 is 1.45 bits per heavy atom. The van der Waals surface area contributed by atoms with E-state index in [1.165, 1.54) is 17.7 Å². The van der Waals surface area contributed by atoms with E-state index in [1.807, 2.05) is 18.7 Å². The van der Waals surface area contributed by atoms with Gasteiger partial charge in [-0.15, -0.1) is 24.0 Å². The van der Waals surface area contributed by atoms with E-state index >= 15 is 0 Å². The summed E-state index contributed by atoms with van der Waals surface area (Å²) in [5.41, 5.74) is 3.48. The summed E-state index contributed by atoms with van der Waals surface area (Å²) in [5.74, 6) is 1.62. The van der Waals surface area contributed by atoms with Gasteiger partial charge in [-0.05, 0) is 26.2 Å². The van der Waals surface area contributed by atoms with E-state index < -0.39 is 0 Å². The molecule has 0 spiro atoms. The van der Waals surface area contributed by atoms with Crippen LogP contribution in [0.3, 0.4) is 0 Å². The molecule has 1 aromatic heterocycles. The number of hydrogen-bond donors (Lipinski definition) is 2. The van der Waals surface area contributed by atoms with Gasteiger partial charge in [-0.1, -0.05) is 6.92 Å². The van der Waals surface area contributed by atoms with Gasteiger partial charge in [0, 0.05) is 38.0 Å². The molecule has 1 aliphatic carbocycles. The summed E-state index contributed by atoms with van der Waals surface area (Å²) in [4.78, 5) is 4.28. The van der Waals surface area contributed by atoms with E-state index in [2.05, 4.69) is 34.6 Å². The number of aromatic nitrogens is 2. The molecule has 1 fully saturated rings. The van der Waals surface area contributed by atoms with Crippen LogP contribution in [0.2, 0.25) is 0 Å². The van der Waals surface area contributed by atoms with Crippen LogP contribution in [0, 0.1) is 19.8 Å². The molecule has 1 aliphatic rings. The smallest absolute Gasteiger partial charge is 0.191 e. The fourth-order valence-corrected chi connectivity index (χ4v) is 2.45. The maximum absolute atomic E-state index is 5.12. The second-order valence-electron chi connectivity index (χ2n) is 5.75. The van der Waals surface area contributed by atoms with E-state index in [1.54, 1.807) is 7.11 Å². The molecule has 0 aromatic carbocycles. The first-order valence-corrected chi connectivity index (χ1v) is 7.55. The van der Waals surface area contributed by atoms with Crippen molar-refractivity contribution in [1.82, 2.24) is 20.4 Å². The average Bonchev–Trinajstić information content (AvgIpc) is 3.09. The van der Waals surface area contributed by atoms with Crippen LogP contribution >= 0.6 is 24.0 Å². The highest BCUT2D eigenvalue weighted by Gasteiger charge is 2.33. The van der Waals surface area contributed by atoms with Crippen LogP contribution in [0.1, 0.15) is 30.3 Å². The van der Waals surface area contributed by atoms with Crippen molar-refractivity contribution in [2.24, 2.45) is 10.9 Å². The molecule has 1 heterocycles. The number of aryl methyl sites for hydroxylation is 1. The van der Waals surface area contributed by atoms with E-state index in [-0.39, 0.29) is 24.0 Å². The molecule has 7 heteroatoms. The molecule has 0 bridgehead atoms. The van der Waals surface area contributed by atoms with Crippen LogP contribution in [-0.2, 0) is 17.8 Å². The Morgan fingerprint density at radius 3 is 2.68 bits per heavy atom. The monoisotopic (exact) mass is 421 g/mol. The molecule has 2 rings (SSSR count). The highest BCUT2D eigenvalue weighted by Crippen LogP contribution is 2.28. The lowest BCUT2D eigenvalue weighted by atomic mass is 10.2. The van der Waals surface area contributed by atoms with Crippen LogP contribution in [0.25, 0.3) is 0 Å². The van der Waals surface area contributed by atoms with Crippen molar-refractivity contribution < 1.29 is 4.74 Å². The zero-order valence-electron chi connectivity index (χ0n) is 14.1. The second kappa shape index (κ2) is 8.71. The molecule has 2 N–H and O–H groups in total. The molecule has 2 atom stereocenters. The fourth-order valence-electron chi connectivity index (χ4n) is 2.45. The maximum atomic E-state index is 5.12. The zero-order valence-corrected chi connectivity index (χ0v) is 16.5. The first kappa shape index (κ1) is 19.2. The zero-order chi connectivity index (χ0) is 15.4. The number of ether oxygens (including phenoxy) is 1. The predicted octanol–water partition coefficient (Wildman–Crippen LogP) is 1.84. The normalized spacial score (nSPS) is 20.5. The van der Waals surface area contributed by atoms with Gasteiger partial charge in [0.05, 0.1) is 18.8 Å². The van der Waals surface area contributed by atoms with Crippen LogP contribution in [0.4, 0.5) is 0 Å². The van der Waals surface area contributed by atoms with E-state index in [9.17, 15) is 0 Å². The van der Waals surface area contributed by atoms with Gasteiger partial charge in [0.1, 0.15) is 0 Å². The third kappa shape index (κ3) is 4.84. The molecule has 0 amide bonds. The summed E-state index contributed by atoms with van der Waals surface area (Å²) >= 11 is 0. The average molecular weight is 421 g/mol. The van der Waals surface area contributed by atoms with E-state index in [0.717, 1.165) is 30.7 Å². The van der Waals surface area contributed by atoms with Crippen molar-refractivity contribution >= 4 is 29.9 Å². The van der Waals surface area contributed by atoms with Gasteiger partial charge in [-0.25, -0.2) is 0 Å². The van der Waals surface area contributed by atoms with Crippen molar-refractivity contribution in [2.45, 2.75) is 46.3 Å². The summed E-state index contributed by atoms with van der Waals surface area (Å²) in [6.07, 6.45) is 1.23. The van der Waals surface area contributed by atoms with Gasteiger partial charge in [0.15, 0.2) is 5.96 Å². The van der Waals surface area contributed by atoms with Crippen molar-refractivity contribution in [2.75, 3.05) is 20.8 Å². The van der Waals surface area contributed by atoms with Crippen LogP contribution in [0.5, 0.6) is 0 Å². The minimum absolute atomic E-state index is 0. The number of nitrogens with one attached hydrogen (secondary N) is 2. The van der Waals surface area contributed by atoms with Crippen LogP contribution < -0.4 is 10.6 Å². The Morgan fingerprint density at radius 2 is 2.14 bits per heavy atom. The molecule has 0 radical (unpaired) electrons. The number of rotatable bonds is 6. The summed E-state index contributed by atoms with van der Waals surface area (Å²) in [6, 6.07) is 0.572. The van der Waals surface area contributed by atoms with Gasteiger partial charge in [0.2, 0.25) is 0 Å². The van der Waals surface area contributed by atoms with Gasteiger partial charge in [-0.2, -0.15) is 5.10 Å². The predicted molar refractivity (Wildman–Crippen MR) is 99.9 cm³/mol. The lowest BCUT2D eigenvalue weighted by molar-refractivity contribution is 0.182. The summed E-state index contributed by atoms with van der Waals surface area (Å²) < 4.78 is 7.13. The third-order valence-electron chi connectivity index (χ3n) is 4.13. The number of hydrogen-bond acceptors (Lipinski definition) is 3. The molecule has 6 nitrogen and oxygen atoms in total. The molecule has 2 unspecified atom stereocenters. The summed E-state index contributed by atoms with van der Waals surface area (Å²) in [5, 5.41) is 11.4. The minimum atomic E-state index is 0. The first-order chi connectivity index (χ1) is 10.1. The lowest BCUT2D eigenvalue weighted by Gasteiger charge is -2.12. The largest absolute Gasteiger partial charge is 0.383 e. The van der Waals surface area contributed by atoms with Crippen molar-refractivity contribution in [3.8, 4) is 0 Å². The lowest BCUT2D eigenvalue weighted by Crippen LogP contribution is -2.38. The molecular weight excluding hydrogens is 393 g/mol. The second-order valence-corrected chi connectivity index (χ2v) is 5.75. The summed E-state index contributed by atoms with van der Waals surface area (Å²) in [7, 11) is 3.52. The Balaban J connectivity index is 0.00000242. The van der Waals surface area contributed by atoms with Gasteiger partial charge in [0.25, 0.3) is 0 Å². The molecule has 0 aliphatic heterocycles. The first-order valence-electron chi connectivity index (χ1n) is 7.55. The molecule has 1 saturated carbocycles. The highest BCUT2D eigenvalue weighted by atomic mass is 127. The van der Waals surface area contributed by atoms with Crippen LogP contribution in [-0.4, -0.2) is 42.5 Å². The number of methoxy groups -OCH3 is 1. The molecule has 0 saturated heterocycles. The van der Waals surface area contributed by atoms with E-state index in [4.69, 9.17) is 4.74 Å². The standard InChI is InChI=1S/C15H27N5O.HI/c1-10-8-14(10)18-15(16-4)17-9-13-11(2)19-20(12(13)3)6-7-21-5;/h10,14H,6-9H2,1-5H3,(H2,16,17,18);1H. The Labute approximate surface area is 150 Å². The fraction of sp³-hybridized carbons (Fsp3) is 0.733. The Bertz CT molecular complexity index is 514. The Kier molecular flexibility index (Phi) is 7.61.